The van der Waals surface area contributed by atoms with Crippen molar-refractivity contribution in [2.45, 2.75) is 17.3 Å². The molecule has 0 radical (unpaired) electrons. The number of hydrogen-bond donors (Lipinski definition) is 2. The zero-order chi connectivity index (χ0) is 15.9. The zero-order valence-electron chi connectivity index (χ0n) is 12.1. The van der Waals surface area contributed by atoms with Crippen LogP contribution >= 0.6 is 23.4 Å². The van der Waals surface area contributed by atoms with Gasteiger partial charge in [0.2, 0.25) is 0 Å². The summed E-state index contributed by atoms with van der Waals surface area (Å²) in [6, 6.07) is 3.52. The smallest absolute Gasteiger partial charge is 0.191 e. The molecule has 0 fully saturated rings. The Bertz CT molecular complexity index is 826. The Morgan fingerprint density at radius 2 is 2.05 bits per heavy atom. The van der Waals surface area contributed by atoms with Crippen molar-refractivity contribution in [2.75, 3.05) is 11.5 Å². The van der Waals surface area contributed by atoms with E-state index in [1.54, 1.807) is 0 Å². The molecule has 1 unspecified atom stereocenters. The first kappa shape index (κ1) is 14.9. The third-order valence-electron chi connectivity index (χ3n) is 3.32. The van der Waals surface area contributed by atoms with Crippen molar-refractivity contribution in [3.05, 3.63) is 35.4 Å². The van der Waals surface area contributed by atoms with Crippen LogP contribution in [-0.2, 0) is 7.05 Å². The van der Waals surface area contributed by atoms with E-state index in [0.717, 1.165) is 22.3 Å². The number of aryl methyl sites for hydroxylation is 1. The third-order valence-corrected chi connectivity index (χ3v) is 4.50. The minimum absolute atomic E-state index is 0.0434. The first-order valence-corrected chi connectivity index (χ1v) is 7.87. The number of nitrogens with two attached hydrogens (primary N) is 2. The molecule has 3 heterocycles. The molecule has 0 saturated heterocycles. The number of anilines is 2. The Labute approximate surface area is 136 Å². The van der Waals surface area contributed by atoms with Gasteiger partial charge in [-0.05, 0) is 13.0 Å². The molecule has 0 amide bonds. The van der Waals surface area contributed by atoms with E-state index in [2.05, 4.69) is 15.0 Å². The number of nitrogens with zero attached hydrogens (tertiary/aromatic N) is 4. The van der Waals surface area contributed by atoms with Crippen LogP contribution in [0, 0.1) is 0 Å². The van der Waals surface area contributed by atoms with Crippen molar-refractivity contribution in [3.63, 3.8) is 0 Å². The molecule has 0 aliphatic carbocycles. The van der Waals surface area contributed by atoms with Gasteiger partial charge in [-0.2, -0.15) is 0 Å². The standard InChI is InChI=1S/C14H15ClN6S/c1-7(22-14-19-12(15)4-13(17)20-14)10-3-8-9(16)6-21(2)11(8)5-18-10/h3-7H,16H2,1-2H3,(H2,17,19,20). The number of hydrogen-bond acceptors (Lipinski definition) is 6. The van der Waals surface area contributed by atoms with Crippen LogP contribution in [0.15, 0.2) is 29.7 Å². The van der Waals surface area contributed by atoms with Crippen molar-refractivity contribution >= 4 is 45.8 Å². The molecule has 3 aromatic rings. The van der Waals surface area contributed by atoms with E-state index in [4.69, 9.17) is 23.1 Å². The molecule has 0 aromatic carbocycles. The summed E-state index contributed by atoms with van der Waals surface area (Å²) in [4.78, 5) is 12.8. The molecular formula is C14H15ClN6S. The maximum Gasteiger partial charge on any atom is 0.191 e. The molecule has 0 bridgehead atoms. The average molecular weight is 335 g/mol. The highest BCUT2D eigenvalue weighted by Crippen LogP contribution is 2.34. The minimum Gasteiger partial charge on any atom is -0.397 e. The van der Waals surface area contributed by atoms with E-state index >= 15 is 0 Å². The number of thioether (sulfide) groups is 1. The van der Waals surface area contributed by atoms with Gasteiger partial charge >= 0.3 is 0 Å². The normalized spacial score (nSPS) is 12.7. The van der Waals surface area contributed by atoms with Gasteiger partial charge < -0.3 is 16.0 Å². The summed E-state index contributed by atoms with van der Waals surface area (Å²) in [5.74, 6) is 0.352. The van der Waals surface area contributed by atoms with E-state index in [1.807, 2.05) is 37.0 Å². The number of aromatic nitrogens is 4. The highest BCUT2D eigenvalue weighted by atomic mass is 35.5. The van der Waals surface area contributed by atoms with E-state index in [0.29, 0.717) is 16.1 Å². The molecule has 3 rings (SSSR count). The second kappa shape index (κ2) is 5.66. The van der Waals surface area contributed by atoms with Crippen LogP contribution in [0.4, 0.5) is 11.5 Å². The number of halogens is 1. The summed E-state index contributed by atoms with van der Waals surface area (Å²) in [7, 11) is 1.95. The molecule has 6 nitrogen and oxygen atoms in total. The van der Waals surface area contributed by atoms with E-state index in [-0.39, 0.29) is 5.25 Å². The van der Waals surface area contributed by atoms with Crippen LogP contribution in [0.3, 0.4) is 0 Å². The Hall–Kier alpha value is -1.99. The zero-order valence-corrected chi connectivity index (χ0v) is 13.7. The lowest BCUT2D eigenvalue weighted by Gasteiger charge is -2.10. The van der Waals surface area contributed by atoms with Gasteiger partial charge in [0, 0.05) is 24.7 Å². The van der Waals surface area contributed by atoms with Gasteiger partial charge in [0.25, 0.3) is 0 Å². The number of pyridine rings is 1. The molecule has 8 heteroatoms. The quantitative estimate of drug-likeness (QED) is 0.434. The summed E-state index contributed by atoms with van der Waals surface area (Å²) in [6.07, 6.45) is 3.71. The molecule has 0 aliphatic heterocycles. The fourth-order valence-corrected chi connectivity index (χ4v) is 3.35. The van der Waals surface area contributed by atoms with Gasteiger partial charge in [-0.25, -0.2) is 9.97 Å². The summed E-state index contributed by atoms with van der Waals surface area (Å²) in [6.45, 7) is 2.03. The Morgan fingerprint density at radius 3 is 2.77 bits per heavy atom. The minimum atomic E-state index is 0.0434. The van der Waals surface area contributed by atoms with Crippen LogP contribution in [0.1, 0.15) is 17.9 Å². The van der Waals surface area contributed by atoms with Gasteiger partial charge in [0.05, 0.1) is 28.3 Å². The van der Waals surface area contributed by atoms with Crippen molar-refractivity contribution in [3.8, 4) is 0 Å². The topological polar surface area (TPSA) is 95.6 Å². The summed E-state index contributed by atoms with van der Waals surface area (Å²) in [5, 5.41) is 1.90. The van der Waals surface area contributed by atoms with Crippen molar-refractivity contribution in [1.29, 1.82) is 0 Å². The first-order chi connectivity index (χ1) is 10.4. The number of fused-ring (bicyclic) bond motifs is 1. The third kappa shape index (κ3) is 2.82. The second-order valence-electron chi connectivity index (χ2n) is 4.98. The van der Waals surface area contributed by atoms with Crippen LogP contribution < -0.4 is 11.5 Å². The maximum absolute atomic E-state index is 6.02. The molecule has 4 N–H and O–H groups in total. The van der Waals surface area contributed by atoms with E-state index in [1.165, 1.54) is 17.8 Å². The van der Waals surface area contributed by atoms with Crippen molar-refractivity contribution in [2.24, 2.45) is 7.05 Å². The lowest BCUT2D eigenvalue weighted by molar-refractivity contribution is 0.939. The molecule has 0 saturated carbocycles. The Kier molecular flexibility index (Phi) is 3.84. The second-order valence-corrected chi connectivity index (χ2v) is 6.68. The summed E-state index contributed by atoms with van der Waals surface area (Å²) in [5.41, 5.74) is 14.4. The van der Waals surface area contributed by atoms with Gasteiger partial charge in [0.15, 0.2) is 5.16 Å². The van der Waals surface area contributed by atoms with Crippen LogP contribution in [0.25, 0.3) is 10.9 Å². The predicted molar refractivity (Wildman–Crippen MR) is 90.9 cm³/mol. The van der Waals surface area contributed by atoms with Gasteiger partial charge in [-0.1, -0.05) is 23.4 Å². The van der Waals surface area contributed by atoms with Gasteiger partial charge in [-0.15, -0.1) is 0 Å². The van der Waals surface area contributed by atoms with Crippen LogP contribution in [0.2, 0.25) is 5.15 Å². The predicted octanol–water partition coefficient (Wildman–Crippen LogP) is 3.03. The number of nitrogen functional groups attached to an aromatic ring is 2. The maximum atomic E-state index is 6.02. The van der Waals surface area contributed by atoms with Crippen molar-refractivity contribution in [1.82, 2.24) is 19.5 Å². The summed E-state index contributed by atoms with van der Waals surface area (Å²) >= 11 is 7.35. The number of rotatable bonds is 3. The van der Waals surface area contributed by atoms with Gasteiger partial charge in [0.1, 0.15) is 11.0 Å². The Balaban J connectivity index is 1.91. The fourth-order valence-electron chi connectivity index (χ4n) is 2.23. The molecule has 0 spiro atoms. The van der Waals surface area contributed by atoms with Gasteiger partial charge in [-0.3, -0.25) is 4.98 Å². The highest BCUT2D eigenvalue weighted by Gasteiger charge is 2.14. The molecular weight excluding hydrogens is 320 g/mol. The molecule has 0 aliphatic rings. The molecule has 114 valence electrons. The molecule has 3 aromatic heterocycles. The monoisotopic (exact) mass is 334 g/mol. The lowest BCUT2D eigenvalue weighted by Crippen LogP contribution is -1.98. The largest absolute Gasteiger partial charge is 0.397 e. The Morgan fingerprint density at radius 1 is 1.27 bits per heavy atom. The fraction of sp³-hybridized carbons (Fsp3) is 0.214. The molecule has 1 atom stereocenters. The average Bonchev–Trinajstić information content (AvgIpc) is 2.72. The SMILES string of the molecule is CC(Sc1nc(N)cc(Cl)n1)c1cc2c(N)cn(C)c2cn1. The first-order valence-electron chi connectivity index (χ1n) is 6.61. The van der Waals surface area contributed by atoms with E-state index in [9.17, 15) is 0 Å². The molecule has 22 heavy (non-hydrogen) atoms. The van der Waals surface area contributed by atoms with Crippen LogP contribution in [-0.4, -0.2) is 19.5 Å². The van der Waals surface area contributed by atoms with Crippen molar-refractivity contribution < 1.29 is 0 Å². The highest BCUT2D eigenvalue weighted by molar-refractivity contribution is 7.99. The van der Waals surface area contributed by atoms with Crippen LogP contribution in [0.5, 0.6) is 0 Å². The summed E-state index contributed by atoms with van der Waals surface area (Å²) < 4.78 is 1.96. The van der Waals surface area contributed by atoms with E-state index < -0.39 is 0 Å². The lowest BCUT2D eigenvalue weighted by atomic mass is 10.2.